The molecule has 0 spiro atoms. The van der Waals surface area contributed by atoms with Gasteiger partial charge in [-0.3, -0.25) is 0 Å². The highest BCUT2D eigenvalue weighted by molar-refractivity contribution is 5.72. The molecule has 0 saturated carbocycles. The topological polar surface area (TPSA) is 27.0 Å². The predicted molar refractivity (Wildman–Crippen MR) is 87.6 cm³/mol. The molecule has 2 aromatic carbocycles. The Morgan fingerprint density at radius 2 is 1.79 bits per heavy atom. The van der Waals surface area contributed by atoms with Crippen molar-refractivity contribution in [3.63, 3.8) is 0 Å². The summed E-state index contributed by atoms with van der Waals surface area (Å²) in [5, 5.41) is 9.34. The summed E-state index contributed by atoms with van der Waals surface area (Å²) >= 11 is 0. The van der Waals surface area contributed by atoms with Gasteiger partial charge in [0.1, 0.15) is 6.07 Å². The van der Waals surface area contributed by atoms with Crippen molar-refractivity contribution in [3.05, 3.63) is 54.1 Å². The Morgan fingerprint density at radius 1 is 1.04 bits per heavy atom. The van der Waals surface area contributed by atoms with Crippen LogP contribution in [0.1, 0.15) is 18.4 Å². The first-order valence-electron chi connectivity index (χ1n) is 7.90. The van der Waals surface area contributed by atoms with Gasteiger partial charge in [0.05, 0.1) is 17.2 Å². The Hall–Kier alpha value is -2.48. The second-order valence-electron chi connectivity index (χ2n) is 6.04. The van der Waals surface area contributed by atoms with E-state index < -0.39 is 12.1 Å². The quantitative estimate of drug-likeness (QED) is 0.774. The van der Waals surface area contributed by atoms with Crippen LogP contribution in [0.2, 0.25) is 0 Å². The highest BCUT2D eigenvalue weighted by atomic mass is 19.4. The molecule has 24 heavy (non-hydrogen) atoms. The van der Waals surface area contributed by atoms with Crippen LogP contribution in [0.4, 0.5) is 18.9 Å². The number of rotatable bonds is 2. The van der Waals surface area contributed by atoms with Gasteiger partial charge in [-0.25, -0.2) is 0 Å². The van der Waals surface area contributed by atoms with E-state index in [9.17, 15) is 18.4 Å². The number of hydrogen-bond acceptors (Lipinski definition) is 2. The first-order valence-corrected chi connectivity index (χ1v) is 7.90. The molecular weight excluding hydrogens is 313 g/mol. The molecule has 1 saturated heterocycles. The van der Waals surface area contributed by atoms with Crippen LogP contribution in [-0.4, -0.2) is 19.3 Å². The highest BCUT2D eigenvalue weighted by Gasteiger charge is 2.42. The van der Waals surface area contributed by atoms with Crippen molar-refractivity contribution in [1.29, 1.82) is 5.26 Å². The molecule has 1 atom stereocenters. The van der Waals surface area contributed by atoms with Crippen LogP contribution in [0.3, 0.4) is 0 Å². The maximum absolute atomic E-state index is 13.1. The van der Waals surface area contributed by atoms with E-state index in [2.05, 4.69) is 6.07 Å². The molecule has 1 aliphatic heterocycles. The molecule has 0 amide bonds. The van der Waals surface area contributed by atoms with Crippen LogP contribution in [0, 0.1) is 17.2 Å². The van der Waals surface area contributed by atoms with Crippen molar-refractivity contribution in [3.8, 4) is 17.2 Å². The third-order valence-corrected chi connectivity index (χ3v) is 4.45. The van der Waals surface area contributed by atoms with E-state index in [1.165, 1.54) is 0 Å². The van der Waals surface area contributed by atoms with Crippen LogP contribution in [0.25, 0.3) is 11.1 Å². The molecule has 3 rings (SSSR count). The van der Waals surface area contributed by atoms with Gasteiger partial charge in [-0.1, -0.05) is 36.4 Å². The van der Waals surface area contributed by atoms with Crippen molar-refractivity contribution >= 4 is 5.69 Å². The molecule has 0 N–H and O–H groups in total. The SMILES string of the molecule is N#Cc1ccc(-c2ccccc2)cc1N1CCCC(C(F)(F)F)C1. The van der Waals surface area contributed by atoms with Crippen LogP contribution >= 0.6 is 0 Å². The molecule has 0 aliphatic carbocycles. The number of hydrogen-bond donors (Lipinski definition) is 0. The number of alkyl halides is 3. The fourth-order valence-electron chi connectivity index (χ4n) is 3.16. The lowest BCUT2D eigenvalue weighted by molar-refractivity contribution is -0.175. The Labute approximate surface area is 139 Å². The lowest BCUT2D eigenvalue weighted by atomic mass is 9.95. The molecule has 1 unspecified atom stereocenters. The van der Waals surface area contributed by atoms with Crippen LogP contribution in [0.15, 0.2) is 48.5 Å². The van der Waals surface area contributed by atoms with Crippen molar-refractivity contribution in [1.82, 2.24) is 0 Å². The van der Waals surface area contributed by atoms with Gasteiger partial charge < -0.3 is 4.90 Å². The van der Waals surface area contributed by atoms with Gasteiger partial charge in [-0.05, 0) is 36.1 Å². The normalized spacial score (nSPS) is 18.2. The second kappa shape index (κ2) is 6.56. The largest absolute Gasteiger partial charge is 0.393 e. The minimum atomic E-state index is -4.19. The number of nitriles is 1. The van der Waals surface area contributed by atoms with Gasteiger partial charge in [0.15, 0.2) is 0 Å². The number of halogens is 3. The smallest absolute Gasteiger partial charge is 0.370 e. The molecule has 5 heteroatoms. The van der Waals surface area contributed by atoms with E-state index in [1.807, 2.05) is 42.5 Å². The highest BCUT2D eigenvalue weighted by Crippen LogP contribution is 2.36. The zero-order valence-electron chi connectivity index (χ0n) is 13.1. The Balaban J connectivity index is 1.96. The van der Waals surface area contributed by atoms with Crippen molar-refractivity contribution in [2.24, 2.45) is 5.92 Å². The minimum absolute atomic E-state index is 0.0869. The van der Waals surface area contributed by atoms with E-state index >= 15 is 0 Å². The van der Waals surface area contributed by atoms with Gasteiger partial charge in [0.2, 0.25) is 0 Å². The summed E-state index contributed by atoms with van der Waals surface area (Å²) in [5.74, 6) is -1.34. The molecule has 1 fully saturated rings. The summed E-state index contributed by atoms with van der Waals surface area (Å²) < 4.78 is 39.2. The Kier molecular flexibility index (Phi) is 4.48. The van der Waals surface area contributed by atoms with Crippen LogP contribution in [0.5, 0.6) is 0 Å². The van der Waals surface area contributed by atoms with Crippen LogP contribution in [-0.2, 0) is 0 Å². The molecular formula is C19H17F3N2. The van der Waals surface area contributed by atoms with E-state index in [0.717, 1.165) is 11.1 Å². The summed E-state index contributed by atoms with van der Waals surface area (Å²) in [6, 6.07) is 17.1. The molecule has 0 aromatic heterocycles. The monoisotopic (exact) mass is 330 g/mol. The van der Waals surface area contributed by atoms with Crippen molar-refractivity contribution in [2.75, 3.05) is 18.0 Å². The molecule has 1 heterocycles. The van der Waals surface area contributed by atoms with E-state index in [0.29, 0.717) is 24.2 Å². The maximum atomic E-state index is 13.1. The van der Waals surface area contributed by atoms with E-state index in [1.54, 1.807) is 11.0 Å². The van der Waals surface area contributed by atoms with E-state index in [-0.39, 0.29) is 13.0 Å². The molecule has 124 valence electrons. The van der Waals surface area contributed by atoms with E-state index in [4.69, 9.17) is 0 Å². The lowest BCUT2D eigenvalue weighted by Crippen LogP contribution is -2.42. The first-order chi connectivity index (χ1) is 11.5. The van der Waals surface area contributed by atoms with Gasteiger partial charge in [0, 0.05) is 13.1 Å². The fraction of sp³-hybridized carbons (Fsp3) is 0.316. The summed E-state index contributed by atoms with van der Waals surface area (Å²) in [7, 11) is 0. The van der Waals surface area contributed by atoms with Crippen LogP contribution < -0.4 is 4.90 Å². The Bertz CT molecular complexity index is 747. The molecule has 2 aromatic rings. The summed E-state index contributed by atoms with van der Waals surface area (Å²) in [6.45, 7) is 0.454. The third-order valence-electron chi connectivity index (χ3n) is 4.45. The molecule has 0 radical (unpaired) electrons. The first kappa shape index (κ1) is 16.4. The molecule has 1 aliphatic rings. The van der Waals surface area contributed by atoms with Gasteiger partial charge in [-0.15, -0.1) is 0 Å². The second-order valence-corrected chi connectivity index (χ2v) is 6.04. The minimum Gasteiger partial charge on any atom is -0.370 e. The predicted octanol–water partition coefficient (Wildman–Crippen LogP) is 5.00. The maximum Gasteiger partial charge on any atom is 0.393 e. The van der Waals surface area contributed by atoms with Crippen molar-refractivity contribution in [2.45, 2.75) is 19.0 Å². The number of piperidine rings is 1. The lowest BCUT2D eigenvalue weighted by Gasteiger charge is -2.35. The number of nitrogens with zero attached hydrogens (tertiary/aromatic N) is 2. The average molecular weight is 330 g/mol. The zero-order valence-corrected chi connectivity index (χ0v) is 13.1. The number of benzene rings is 2. The van der Waals surface area contributed by atoms with Gasteiger partial charge in [-0.2, -0.15) is 18.4 Å². The third kappa shape index (κ3) is 3.38. The number of anilines is 1. The fourth-order valence-corrected chi connectivity index (χ4v) is 3.16. The van der Waals surface area contributed by atoms with Gasteiger partial charge >= 0.3 is 6.18 Å². The van der Waals surface area contributed by atoms with Gasteiger partial charge in [0.25, 0.3) is 0 Å². The van der Waals surface area contributed by atoms with Crippen molar-refractivity contribution < 1.29 is 13.2 Å². The summed E-state index contributed by atoms with van der Waals surface area (Å²) in [4.78, 5) is 1.70. The average Bonchev–Trinajstić information content (AvgIpc) is 2.61. The molecule has 2 nitrogen and oxygen atoms in total. The summed E-state index contributed by atoms with van der Waals surface area (Å²) in [5.41, 5.74) is 2.89. The summed E-state index contributed by atoms with van der Waals surface area (Å²) in [6.07, 6.45) is -3.56. The standard InChI is InChI=1S/C19H17F3N2/c20-19(21,22)17-7-4-10-24(13-17)18-11-15(8-9-16(18)12-23)14-5-2-1-3-6-14/h1-3,5-6,8-9,11,17H,4,7,10,13H2. The molecule has 0 bridgehead atoms. The zero-order chi connectivity index (χ0) is 17.2. The Morgan fingerprint density at radius 3 is 2.46 bits per heavy atom.